The van der Waals surface area contributed by atoms with Crippen LogP contribution < -0.4 is 5.73 Å². The van der Waals surface area contributed by atoms with Crippen LogP contribution in [-0.4, -0.2) is 6.54 Å². The maximum atomic E-state index is 13.0. The summed E-state index contributed by atoms with van der Waals surface area (Å²) in [7, 11) is 0. The van der Waals surface area contributed by atoms with E-state index in [4.69, 9.17) is 5.73 Å². The Labute approximate surface area is 102 Å². The van der Waals surface area contributed by atoms with Gasteiger partial charge in [-0.15, -0.1) is 23.1 Å². The van der Waals surface area contributed by atoms with E-state index in [1.54, 1.807) is 35.2 Å². The van der Waals surface area contributed by atoms with Crippen molar-refractivity contribution in [3.8, 4) is 0 Å². The number of nitrogens with two attached hydrogens (primary N) is 1. The summed E-state index contributed by atoms with van der Waals surface area (Å²) in [6.07, 6.45) is 0. The first kappa shape index (κ1) is 11.6. The van der Waals surface area contributed by atoms with E-state index >= 15 is 0 Å². The summed E-state index contributed by atoms with van der Waals surface area (Å²) in [5.41, 5.74) is 5.74. The maximum Gasteiger partial charge on any atom is 0.124 e. The van der Waals surface area contributed by atoms with Crippen LogP contribution in [-0.2, 0) is 0 Å². The zero-order chi connectivity index (χ0) is 11.4. The van der Waals surface area contributed by atoms with Gasteiger partial charge in [-0.25, -0.2) is 4.39 Å². The molecule has 84 valence electrons. The summed E-state index contributed by atoms with van der Waals surface area (Å²) in [5.74, 6) is -0.202. The molecular weight excluding hydrogens is 241 g/mol. The molecule has 1 nitrogen and oxygen atoms in total. The number of hydrogen-bond donors (Lipinski definition) is 1. The van der Waals surface area contributed by atoms with Crippen LogP contribution in [0.25, 0.3) is 0 Å². The van der Waals surface area contributed by atoms with E-state index in [2.05, 4.69) is 6.07 Å². The normalized spacial score (nSPS) is 12.6. The molecule has 0 spiro atoms. The lowest BCUT2D eigenvalue weighted by Gasteiger charge is -2.12. The molecule has 1 aromatic carbocycles. The Hall–Kier alpha value is -0.840. The monoisotopic (exact) mass is 253 g/mol. The SMILES string of the molecule is NCC(Sc1cccc(F)c1)c1cccs1. The maximum absolute atomic E-state index is 13.0. The van der Waals surface area contributed by atoms with Gasteiger partial charge in [0.15, 0.2) is 0 Å². The first-order chi connectivity index (χ1) is 7.79. The van der Waals surface area contributed by atoms with Crippen LogP contribution in [0.3, 0.4) is 0 Å². The van der Waals surface area contributed by atoms with Gasteiger partial charge in [0, 0.05) is 16.3 Å². The fraction of sp³-hybridized carbons (Fsp3) is 0.167. The van der Waals surface area contributed by atoms with Crippen molar-refractivity contribution in [1.82, 2.24) is 0 Å². The molecule has 0 fully saturated rings. The van der Waals surface area contributed by atoms with E-state index in [0.29, 0.717) is 6.54 Å². The van der Waals surface area contributed by atoms with Crippen molar-refractivity contribution in [2.75, 3.05) is 6.54 Å². The Bertz CT molecular complexity index is 442. The lowest BCUT2D eigenvalue weighted by Crippen LogP contribution is -2.07. The summed E-state index contributed by atoms with van der Waals surface area (Å²) < 4.78 is 13.0. The van der Waals surface area contributed by atoms with E-state index in [-0.39, 0.29) is 11.1 Å². The predicted octanol–water partition coefficient (Wildman–Crippen LogP) is 3.68. The van der Waals surface area contributed by atoms with E-state index in [0.717, 1.165) is 4.90 Å². The second-order valence-electron chi connectivity index (χ2n) is 3.31. The molecule has 2 aromatic rings. The van der Waals surface area contributed by atoms with Gasteiger partial charge < -0.3 is 5.73 Å². The van der Waals surface area contributed by atoms with Crippen molar-refractivity contribution >= 4 is 23.1 Å². The standard InChI is InChI=1S/C12H12FNS2/c13-9-3-1-4-10(7-9)16-12(8-14)11-5-2-6-15-11/h1-7,12H,8,14H2. The van der Waals surface area contributed by atoms with Crippen molar-refractivity contribution < 1.29 is 4.39 Å². The molecule has 0 radical (unpaired) electrons. The molecule has 0 bridgehead atoms. The Kier molecular flexibility index (Phi) is 3.98. The van der Waals surface area contributed by atoms with E-state index in [9.17, 15) is 4.39 Å². The molecule has 0 aliphatic heterocycles. The Morgan fingerprint density at radius 3 is 2.81 bits per heavy atom. The third-order valence-corrected chi connectivity index (χ3v) is 4.54. The molecule has 1 atom stereocenters. The average Bonchev–Trinajstić information content (AvgIpc) is 2.79. The highest BCUT2D eigenvalue weighted by Crippen LogP contribution is 2.36. The van der Waals surface area contributed by atoms with Crippen LogP contribution in [0.4, 0.5) is 4.39 Å². The first-order valence-corrected chi connectivity index (χ1v) is 6.71. The quantitative estimate of drug-likeness (QED) is 0.841. The highest BCUT2D eigenvalue weighted by molar-refractivity contribution is 7.99. The van der Waals surface area contributed by atoms with Gasteiger partial charge in [0.05, 0.1) is 5.25 Å². The van der Waals surface area contributed by atoms with Crippen LogP contribution in [0.5, 0.6) is 0 Å². The topological polar surface area (TPSA) is 26.0 Å². The molecule has 0 aliphatic carbocycles. The molecular formula is C12H12FNS2. The van der Waals surface area contributed by atoms with Gasteiger partial charge in [0.2, 0.25) is 0 Å². The smallest absolute Gasteiger partial charge is 0.124 e. The molecule has 1 heterocycles. The van der Waals surface area contributed by atoms with Crippen molar-refractivity contribution in [3.05, 3.63) is 52.5 Å². The van der Waals surface area contributed by atoms with Crippen molar-refractivity contribution in [1.29, 1.82) is 0 Å². The van der Waals surface area contributed by atoms with Crippen molar-refractivity contribution in [3.63, 3.8) is 0 Å². The van der Waals surface area contributed by atoms with Gasteiger partial charge in [-0.1, -0.05) is 12.1 Å². The number of thiophene rings is 1. The summed E-state index contributed by atoms with van der Waals surface area (Å²) in [6.45, 7) is 0.557. The summed E-state index contributed by atoms with van der Waals surface area (Å²) in [5, 5.41) is 2.24. The molecule has 4 heteroatoms. The highest BCUT2D eigenvalue weighted by atomic mass is 32.2. The number of rotatable bonds is 4. The number of hydrogen-bond acceptors (Lipinski definition) is 3. The highest BCUT2D eigenvalue weighted by Gasteiger charge is 2.12. The van der Waals surface area contributed by atoms with Crippen LogP contribution in [0, 0.1) is 5.82 Å². The molecule has 1 aromatic heterocycles. The van der Waals surface area contributed by atoms with Crippen molar-refractivity contribution in [2.24, 2.45) is 5.73 Å². The molecule has 16 heavy (non-hydrogen) atoms. The molecule has 0 saturated heterocycles. The number of benzene rings is 1. The number of halogens is 1. The first-order valence-electron chi connectivity index (χ1n) is 4.95. The minimum atomic E-state index is -0.202. The third kappa shape index (κ3) is 2.84. The zero-order valence-electron chi connectivity index (χ0n) is 8.60. The number of thioether (sulfide) groups is 1. The second-order valence-corrected chi connectivity index (χ2v) is 5.57. The Morgan fingerprint density at radius 2 is 2.19 bits per heavy atom. The van der Waals surface area contributed by atoms with Gasteiger partial charge in [-0.3, -0.25) is 0 Å². The van der Waals surface area contributed by atoms with Gasteiger partial charge >= 0.3 is 0 Å². The third-order valence-electron chi connectivity index (χ3n) is 2.15. The summed E-state index contributed by atoms with van der Waals surface area (Å²) >= 11 is 3.29. The second kappa shape index (κ2) is 5.48. The lowest BCUT2D eigenvalue weighted by atomic mass is 10.3. The summed E-state index contributed by atoms with van der Waals surface area (Å²) in [6, 6.07) is 10.7. The van der Waals surface area contributed by atoms with Gasteiger partial charge in [0.1, 0.15) is 5.82 Å². The predicted molar refractivity (Wildman–Crippen MR) is 68.4 cm³/mol. The van der Waals surface area contributed by atoms with E-state index in [1.165, 1.54) is 10.9 Å². The van der Waals surface area contributed by atoms with Crippen LogP contribution in [0.1, 0.15) is 10.1 Å². The minimum Gasteiger partial charge on any atom is -0.329 e. The molecule has 2 N–H and O–H groups in total. The van der Waals surface area contributed by atoms with Crippen molar-refractivity contribution in [2.45, 2.75) is 10.1 Å². The van der Waals surface area contributed by atoms with Gasteiger partial charge in [0.25, 0.3) is 0 Å². The molecule has 2 rings (SSSR count). The van der Waals surface area contributed by atoms with E-state index < -0.39 is 0 Å². The Balaban J connectivity index is 2.13. The van der Waals surface area contributed by atoms with Crippen LogP contribution in [0.2, 0.25) is 0 Å². The zero-order valence-corrected chi connectivity index (χ0v) is 10.2. The molecule has 0 saturated carbocycles. The largest absolute Gasteiger partial charge is 0.329 e. The fourth-order valence-electron chi connectivity index (χ4n) is 1.40. The Morgan fingerprint density at radius 1 is 1.31 bits per heavy atom. The lowest BCUT2D eigenvalue weighted by molar-refractivity contribution is 0.624. The van der Waals surface area contributed by atoms with Crippen LogP contribution in [0.15, 0.2) is 46.7 Å². The molecule has 0 aliphatic rings. The van der Waals surface area contributed by atoms with E-state index in [1.807, 2.05) is 17.5 Å². The van der Waals surface area contributed by atoms with Crippen LogP contribution >= 0.6 is 23.1 Å². The minimum absolute atomic E-state index is 0.202. The average molecular weight is 253 g/mol. The molecule has 0 amide bonds. The fourth-order valence-corrected chi connectivity index (χ4v) is 3.39. The molecule has 1 unspecified atom stereocenters. The summed E-state index contributed by atoms with van der Waals surface area (Å²) in [4.78, 5) is 2.15. The van der Waals surface area contributed by atoms with Gasteiger partial charge in [-0.05, 0) is 29.6 Å². The van der Waals surface area contributed by atoms with Gasteiger partial charge in [-0.2, -0.15) is 0 Å².